The molecule has 0 spiro atoms. The molecule has 28 heavy (non-hydrogen) atoms. The summed E-state index contributed by atoms with van der Waals surface area (Å²) in [5.41, 5.74) is 2.28. The third-order valence-corrected chi connectivity index (χ3v) is 6.17. The third-order valence-electron chi connectivity index (χ3n) is 6.17. The quantitative estimate of drug-likeness (QED) is 0.726. The van der Waals surface area contributed by atoms with Crippen molar-refractivity contribution >= 4 is 22.5 Å². The minimum atomic E-state index is -0.135. The molecule has 5 rings (SSSR count). The second-order valence-electron chi connectivity index (χ2n) is 7.91. The highest BCUT2D eigenvalue weighted by molar-refractivity contribution is 6.06. The van der Waals surface area contributed by atoms with Crippen LogP contribution in [0.2, 0.25) is 0 Å². The summed E-state index contributed by atoms with van der Waals surface area (Å²) in [6, 6.07) is 14.5. The number of rotatable bonds is 4. The number of carbonyl (C=O) groups is 1. The van der Waals surface area contributed by atoms with Crippen LogP contribution in [0.5, 0.6) is 5.75 Å². The molecule has 2 aromatic carbocycles. The second-order valence-corrected chi connectivity index (χ2v) is 7.91. The summed E-state index contributed by atoms with van der Waals surface area (Å²) in [4.78, 5) is 15.0. The molecule has 6 nitrogen and oxygen atoms in total. The molecule has 2 bridgehead atoms. The van der Waals surface area contributed by atoms with Crippen LogP contribution in [0.15, 0.2) is 48.7 Å². The first-order chi connectivity index (χ1) is 13.7. The lowest BCUT2D eigenvalue weighted by atomic mass is 10.0. The number of amides is 1. The Morgan fingerprint density at radius 1 is 1.14 bits per heavy atom. The normalized spacial score (nSPS) is 24.4. The number of nitrogens with zero attached hydrogens (tertiary/aromatic N) is 2. The smallest absolute Gasteiger partial charge is 0.255 e. The number of nitrogens with one attached hydrogen (secondary N) is 2. The minimum absolute atomic E-state index is 0.135. The standard InChI is InChI=1S/C22H24N4O2/c1-26-17-5-6-18(26)12-20(11-17)28-19-7-3-16(4-8-19)24-22(27)14-2-9-21-15(10-14)13-23-25-21/h2-4,7-10,13,17-18,20H,5-6,11-12H2,1H3,(H,23,25)(H,24,27)/t17-,18+,20+. The van der Waals surface area contributed by atoms with Crippen LogP contribution >= 0.6 is 0 Å². The largest absolute Gasteiger partial charge is 0.490 e. The maximum atomic E-state index is 12.5. The van der Waals surface area contributed by atoms with Crippen molar-refractivity contribution in [3.8, 4) is 5.75 Å². The van der Waals surface area contributed by atoms with Gasteiger partial charge in [0.1, 0.15) is 11.9 Å². The van der Waals surface area contributed by atoms with Gasteiger partial charge in [-0.15, -0.1) is 0 Å². The van der Waals surface area contributed by atoms with Gasteiger partial charge in [0.25, 0.3) is 5.91 Å². The molecule has 3 aromatic rings. The van der Waals surface area contributed by atoms with Gasteiger partial charge in [0.15, 0.2) is 0 Å². The van der Waals surface area contributed by atoms with Crippen LogP contribution in [0.25, 0.3) is 10.9 Å². The van der Waals surface area contributed by atoms with E-state index in [0.717, 1.165) is 35.2 Å². The molecule has 3 atom stereocenters. The zero-order valence-electron chi connectivity index (χ0n) is 15.9. The van der Waals surface area contributed by atoms with Crippen LogP contribution in [-0.4, -0.2) is 46.2 Å². The van der Waals surface area contributed by atoms with E-state index in [1.807, 2.05) is 36.4 Å². The van der Waals surface area contributed by atoms with Gasteiger partial charge >= 0.3 is 0 Å². The Hall–Kier alpha value is -2.86. The topological polar surface area (TPSA) is 70.2 Å². The monoisotopic (exact) mass is 376 g/mol. The van der Waals surface area contributed by atoms with Crippen LogP contribution in [0.3, 0.4) is 0 Å². The highest BCUT2D eigenvalue weighted by Gasteiger charge is 2.39. The molecule has 0 saturated carbocycles. The van der Waals surface area contributed by atoms with Gasteiger partial charge in [-0.3, -0.25) is 9.89 Å². The molecule has 2 N–H and O–H groups in total. The molecular weight excluding hydrogens is 352 g/mol. The average molecular weight is 376 g/mol. The highest BCUT2D eigenvalue weighted by atomic mass is 16.5. The zero-order chi connectivity index (χ0) is 19.1. The lowest BCUT2D eigenvalue weighted by Gasteiger charge is -2.36. The number of fused-ring (bicyclic) bond motifs is 3. The Balaban J connectivity index is 1.22. The highest BCUT2D eigenvalue weighted by Crippen LogP contribution is 2.36. The van der Waals surface area contributed by atoms with E-state index in [2.05, 4.69) is 27.5 Å². The van der Waals surface area contributed by atoms with Crippen LogP contribution in [0.1, 0.15) is 36.0 Å². The van der Waals surface area contributed by atoms with E-state index in [4.69, 9.17) is 4.74 Å². The van der Waals surface area contributed by atoms with Crippen molar-refractivity contribution < 1.29 is 9.53 Å². The maximum Gasteiger partial charge on any atom is 0.255 e. The molecule has 2 saturated heterocycles. The number of aromatic amines is 1. The molecule has 2 fully saturated rings. The summed E-state index contributed by atoms with van der Waals surface area (Å²) in [6.45, 7) is 0. The Morgan fingerprint density at radius 2 is 1.89 bits per heavy atom. The van der Waals surface area contributed by atoms with E-state index in [0.29, 0.717) is 17.6 Å². The number of benzene rings is 2. The van der Waals surface area contributed by atoms with Gasteiger partial charge in [-0.2, -0.15) is 5.10 Å². The van der Waals surface area contributed by atoms with Gasteiger partial charge in [0.05, 0.1) is 11.7 Å². The molecule has 6 heteroatoms. The van der Waals surface area contributed by atoms with Crippen LogP contribution in [0, 0.1) is 0 Å². The van der Waals surface area contributed by atoms with Crippen LogP contribution < -0.4 is 10.1 Å². The third kappa shape index (κ3) is 3.24. The summed E-state index contributed by atoms with van der Waals surface area (Å²) in [5, 5.41) is 10.7. The predicted molar refractivity (Wildman–Crippen MR) is 109 cm³/mol. The van der Waals surface area contributed by atoms with Crippen molar-refractivity contribution in [3.05, 3.63) is 54.2 Å². The molecule has 2 aliphatic rings. The van der Waals surface area contributed by atoms with E-state index in [9.17, 15) is 4.79 Å². The summed E-state index contributed by atoms with van der Waals surface area (Å²) >= 11 is 0. The summed E-state index contributed by atoms with van der Waals surface area (Å²) in [6.07, 6.45) is 6.78. The summed E-state index contributed by atoms with van der Waals surface area (Å²) in [7, 11) is 2.24. The van der Waals surface area contributed by atoms with Gasteiger partial charge in [-0.1, -0.05) is 0 Å². The van der Waals surface area contributed by atoms with Crippen molar-refractivity contribution in [3.63, 3.8) is 0 Å². The Morgan fingerprint density at radius 3 is 2.64 bits per heavy atom. The van der Waals surface area contributed by atoms with Gasteiger partial charge in [0.2, 0.25) is 0 Å². The van der Waals surface area contributed by atoms with Gasteiger partial charge in [0, 0.05) is 28.7 Å². The molecular formula is C22H24N4O2. The first kappa shape index (κ1) is 17.3. The average Bonchev–Trinajstić information content (AvgIpc) is 3.24. The number of hydrogen-bond donors (Lipinski definition) is 2. The fourth-order valence-electron chi connectivity index (χ4n) is 4.55. The van der Waals surface area contributed by atoms with Crippen molar-refractivity contribution in [1.82, 2.24) is 15.1 Å². The van der Waals surface area contributed by atoms with E-state index in [-0.39, 0.29) is 12.0 Å². The van der Waals surface area contributed by atoms with Gasteiger partial charge in [-0.05, 0) is 75.2 Å². The Kier molecular flexibility index (Phi) is 4.28. The second kappa shape index (κ2) is 6.95. The number of anilines is 1. The number of H-pyrrole nitrogens is 1. The lowest BCUT2D eigenvalue weighted by Crippen LogP contribution is -2.43. The van der Waals surface area contributed by atoms with Crippen molar-refractivity contribution in [1.29, 1.82) is 0 Å². The molecule has 3 heterocycles. The number of ether oxygens (including phenoxy) is 1. The van der Waals surface area contributed by atoms with Crippen LogP contribution in [-0.2, 0) is 0 Å². The van der Waals surface area contributed by atoms with Gasteiger partial charge < -0.3 is 15.0 Å². The van der Waals surface area contributed by atoms with Crippen molar-refractivity contribution in [2.75, 3.05) is 12.4 Å². The Labute approximate surface area is 163 Å². The Bertz CT molecular complexity index is 983. The first-order valence-electron chi connectivity index (χ1n) is 9.89. The molecule has 0 radical (unpaired) electrons. The molecule has 0 unspecified atom stereocenters. The number of aromatic nitrogens is 2. The van der Waals surface area contributed by atoms with Gasteiger partial charge in [-0.25, -0.2) is 0 Å². The van der Waals surface area contributed by atoms with Crippen molar-refractivity contribution in [2.24, 2.45) is 0 Å². The van der Waals surface area contributed by atoms with E-state index in [1.54, 1.807) is 12.3 Å². The SMILES string of the molecule is CN1[C@@H]2CC[C@H]1C[C@@H](Oc1ccc(NC(=O)c3ccc4[nH]ncc4c3)cc1)C2. The fraction of sp³-hybridized carbons (Fsp3) is 0.364. The summed E-state index contributed by atoms with van der Waals surface area (Å²) < 4.78 is 6.22. The zero-order valence-corrected chi connectivity index (χ0v) is 15.9. The van der Waals surface area contributed by atoms with E-state index < -0.39 is 0 Å². The molecule has 144 valence electrons. The molecule has 0 aliphatic carbocycles. The predicted octanol–water partition coefficient (Wildman–Crippen LogP) is 3.82. The van der Waals surface area contributed by atoms with E-state index >= 15 is 0 Å². The number of hydrogen-bond acceptors (Lipinski definition) is 4. The molecule has 1 aromatic heterocycles. The number of carbonyl (C=O) groups excluding carboxylic acids is 1. The lowest BCUT2D eigenvalue weighted by molar-refractivity contribution is 0.0662. The van der Waals surface area contributed by atoms with Crippen LogP contribution in [0.4, 0.5) is 5.69 Å². The first-order valence-corrected chi connectivity index (χ1v) is 9.89. The minimum Gasteiger partial charge on any atom is -0.490 e. The number of piperidine rings is 1. The maximum absolute atomic E-state index is 12.5. The molecule has 2 aliphatic heterocycles. The van der Waals surface area contributed by atoms with Crippen molar-refractivity contribution in [2.45, 2.75) is 43.9 Å². The fourth-order valence-corrected chi connectivity index (χ4v) is 4.55. The summed E-state index contributed by atoms with van der Waals surface area (Å²) in [5.74, 6) is 0.732. The molecule has 1 amide bonds. The van der Waals surface area contributed by atoms with E-state index in [1.165, 1.54) is 12.8 Å².